The molecule has 0 fully saturated rings. The first-order chi connectivity index (χ1) is 10.1. The molecule has 0 saturated heterocycles. The molecule has 0 aliphatic carbocycles. The summed E-state index contributed by atoms with van der Waals surface area (Å²) in [4.78, 5) is 0. The van der Waals surface area contributed by atoms with Gasteiger partial charge in [-0.15, -0.1) is 0 Å². The summed E-state index contributed by atoms with van der Waals surface area (Å²) in [5.41, 5.74) is 9.69. The van der Waals surface area contributed by atoms with Crippen molar-refractivity contribution in [3.63, 3.8) is 0 Å². The average Bonchev–Trinajstić information content (AvgIpc) is 2.47. The van der Waals surface area contributed by atoms with E-state index in [2.05, 4.69) is 31.2 Å². The monoisotopic (exact) mass is 303 g/mol. The van der Waals surface area contributed by atoms with E-state index in [1.54, 1.807) is 7.11 Å². The maximum absolute atomic E-state index is 6.09. The Balaban J connectivity index is 2.14. The van der Waals surface area contributed by atoms with Gasteiger partial charge in [0.25, 0.3) is 0 Å². The second-order valence-corrected chi connectivity index (χ2v) is 5.89. The van der Waals surface area contributed by atoms with Crippen molar-refractivity contribution in [1.29, 1.82) is 0 Å². The van der Waals surface area contributed by atoms with E-state index >= 15 is 0 Å². The van der Waals surface area contributed by atoms with E-state index in [1.165, 1.54) is 11.1 Å². The van der Waals surface area contributed by atoms with Crippen LogP contribution in [-0.4, -0.2) is 13.7 Å². The minimum atomic E-state index is 0.374. The number of hydrogen-bond donors (Lipinski definition) is 1. The lowest BCUT2D eigenvalue weighted by Gasteiger charge is -2.17. The Morgan fingerprint density at radius 1 is 1.14 bits per heavy atom. The molecule has 0 amide bonds. The highest BCUT2D eigenvalue weighted by Gasteiger charge is 2.13. The van der Waals surface area contributed by atoms with Gasteiger partial charge in [-0.05, 0) is 61.6 Å². The second-order valence-electron chi connectivity index (χ2n) is 5.46. The minimum Gasteiger partial charge on any atom is -0.496 e. The number of rotatable bonds is 6. The van der Waals surface area contributed by atoms with Crippen LogP contribution in [0.25, 0.3) is 0 Å². The van der Waals surface area contributed by atoms with Gasteiger partial charge in [-0.1, -0.05) is 41.4 Å². The Bertz CT molecular complexity index is 598. The molecule has 21 heavy (non-hydrogen) atoms. The van der Waals surface area contributed by atoms with E-state index < -0.39 is 0 Å². The van der Waals surface area contributed by atoms with Crippen LogP contribution in [0.4, 0.5) is 0 Å². The van der Waals surface area contributed by atoms with E-state index in [1.807, 2.05) is 18.2 Å². The number of aryl methyl sites for hydroxylation is 1. The predicted octanol–water partition coefficient (Wildman–Crippen LogP) is 4.02. The number of ether oxygens (including phenoxy) is 1. The smallest absolute Gasteiger partial charge is 0.122 e. The Hall–Kier alpha value is -1.51. The number of halogens is 1. The molecule has 0 bridgehead atoms. The van der Waals surface area contributed by atoms with Crippen LogP contribution in [0.5, 0.6) is 5.75 Å². The van der Waals surface area contributed by atoms with E-state index in [0.717, 1.165) is 29.2 Å². The normalized spacial score (nSPS) is 12.2. The fraction of sp³-hybridized carbons (Fsp3) is 0.333. The van der Waals surface area contributed by atoms with Crippen LogP contribution < -0.4 is 10.5 Å². The summed E-state index contributed by atoms with van der Waals surface area (Å²) < 4.78 is 5.42. The summed E-state index contributed by atoms with van der Waals surface area (Å²) in [6.07, 6.45) is 1.84. The molecule has 0 aromatic heterocycles. The molecule has 0 aliphatic heterocycles. The van der Waals surface area contributed by atoms with Crippen LogP contribution in [0.1, 0.15) is 16.7 Å². The molecule has 0 spiro atoms. The summed E-state index contributed by atoms with van der Waals surface area (Å²) in [6.45, 7) is 2.75. The zero-order valence-corrected chi connectivity index (χ0v) is 13.4. The van der Waals surface area contributed by atoms with Crippen LogP contribution in [-0.2, 0) is 12.8 Å². The molecule has 2 aromatic carbocycles. The van der Waals surface area contributed by atoms with Gasteiger partial charge in [0, 0.05) is 5.02 Å². The van der Waals surface area contributed by atoms with Crippen LogP contribution in [0.2, 0.25) is 5.02 Å². The molecule has 112 valence electrons. The summed E-state index contributed by atoms with van der Waals surface area (Å²) >= 11 is 6.09. The lowest BCUT2D eigenvalue weighted by Crippen LogP contribution is -2.19. The molecule has 0 radical (unpaired) electrons. The highest BCUT2D eigenvalue weighted by Crippen LogP contribution is 2.26. The van der Waals surface area contributed by atoms with Gasteiger partial charge in [-0.3, -0.25) is 0 Å². The predicted molar refractivity (Wildman–Crippen MR) is 89.1 cm³/mol. The van der Waals surface area contributed by atoms with Crippen molar-refractivity contribution in [2.45, 2.75) is 19.8 Å². The van der Waals surface area contributed by atoms with Crippen molar-refractivity contribution >= 4 is 11.6 Å². The molecule has 2 rings (SSSR count). The van der Waals surface area contributed by atoms with Crippen LogP contribution in [0.3, 0.4) is 0 Å². The van der Waals surface area contributed by atoms with Crippen molar-refractivity contribution in [3.05, 3.63) is 64.2 Å². The van der Waals surface area contributed by atoms with E-state index in [0.29, 0.717) is 12.5 Å². The second kappa shape index (κ2) is 7.48. The molecule has 2 aromatic rings. The van der Waals surface area contributed by atoms with Crippen molar-refractivity contribution in [2.75, 3.05) is 13.7 Å². The standard InChI is InChI=1S/C18H22ClNO/c1-13-4-3-5-14(8-13)9-15(12-20)10-16-11-17(19)6-7-18(16)21-2/h3-8,11,15H,9-10,12,20H2,1-2H3. The highest BCUT2D eigenvalue weighted by molar-refractivity contribution is 6.30. The van der Waals surface area contributed by atoms with E-state index in [-0.39, 0.29) is 0 Å². The third-order valence-corrected chi connectivity index (χ3v) is 3.93. The lowest BCUT2D eigenvalue weighted by molar-refractivity contribution is 0.404. The Morgan fingerprint density at radius 3 is 2.62 bits per heavy atom. The molecule has 2 N–H and O–H groups in total. The van der Waals surface area contributed by atoms with Gasteiger partial charge in [0.15, 0.2) is 0 Å². The van der Waals surface area contributed by atoms with Crippen molar-refractivity contribution < 1.29 is 4.74 Å². The maximum Gasteiger partial charge on any atom is 0.122 e. The SMILES string of the molecule is COc1ccc(Cl)cc1CC(CN)Cc1cccc(C)c1. The molecular formula is C18H22ClNO. The molecule has 3 heteroatoms. The number of benzene rings is 2. The minimum absolute atomic E-state index is 0.374. The molecule has 0 aliphatic rings. The summed E-state index contributed by atoms with van der Waals surface area (Å²) in [5.74, 6) is 1.25. The third-order valence-electron chi connectivity index (χ3n) is 3.69. The Morgan fingerprint density at radius 2 is 1.95 bits per heavy atom. The molecule has 0 heterocycles. The first-order valence-electron chi connectivity index (χ1n) is 7.20. The zero-order valence-electron chi connectivity index (χ0n) is 12.6. The van der Waals surface area contributed by atoms with Gasteiger partial charge in [-0.25, -0.2) is 0 Å². The number of methoxy groups -OCH3 is 1. The average molecular weight is 304 g/mol. The largest absolute Gasteiger partial charge is 0.496 e. The fourth-order valence-corrected chi connectivity index (χ4v) is 2.82. The summed E-state index contributed by atoms with van der Waals surface area (Å²) in [6, 6.07) is 14.3. The van der Waals surface area contributed by atoms with E-state index in [4.69, 9.17) is 22.1 Å². The van der Waals surface area contributed by atoms with Gasteiger partial charge in [0.1, 0.15) is 5.75 Å². The Labute approximate surface area is 131 Å². The van der Waals surface area contributed by atoms with Gasteiger partial charge >= 0.3 is 0 Å². The van der Waals surface area contributed by atoms with Gasteiger partial charge in [-0.2, -0.15) is 0 Å². The van der Waals surface area contributed by atoms with Gasteiger partial charge < -0.3 is 10.5 Å². The van der Waals surface area contributed by atoms with Crippen molar-refractivity contribution in [1.82, 2.24) is 0 Å². The molecular weight excluding hydrogens is 282 g/mol. The van der Waals surface area contributed by atoms with Gasteiger partial charge in [0.05, 0.1) is 7.11 Å². The van der Waals surface area contributed by atoms with Gasteiger partial charge in [0.2, 0.25) is 0 Å². The van der Waals surface area contributed by atoms with Crippen LogP contribution in [0, 0.1) is 12.8 Å². The van der Waals surface area contributed by atoms with E-state index in [9.17, 15) is 0 Å². The maximum atomic E-state index is 6.09. The van der Waals surface area contributed by atoms with Crippen LogP contribution >= 0.6 is 11.6 Å². The number of hydrogen-bond acceptors (Lipinski definition) is 2. The molecule has 0 saturated carbocycles. The molecule has 2 nitrogen and oxygen atoms in total. The van der Waals surface area contributed by atoms with Crippen molar-refractivity contribution in [3.8, 4) is 5.75 Å². The first-order valence-corrected chi connectivity index (χ1v) is 7.58. The zero-order chi connectivity index (χ0) is 15.2. The lowest BCUT2D eigenvalue weighted by atomic mass is 9.92. The highest BCUT2D eigenvalue weighted by atomic mass is 35.5. The first kappa shape index (κ1) is 15.9. The van der Waals surface area contributed by atoms with Crippen LogP contribution in [0.15, 0.2) is 42.5 Å². The molecule has 1 unspecified atom stereocenters. The topological polar surface area (TPSA) is 35.2 Å². The number of nitrogens with two attached hydrogens (primary N) is 1. The quantitative estimate of drug-likeness (QED) is 0.875. The third kappa shape index (κ3) is 4.48. The summed E-state index contributed by atoms with van der Waals surface area (Å²) in [7, 11) is 1.69. The fourth-order valence-electron chi connectivity index (χ4n) is 2.63. The summed E-state index contributed by atoms with van der Waals surface area (Å²) in [5, 5.41) is 0.733. The Kier molecular flexibility index (Phi) is 5.66. The molecule has 1 atom stereocenters. The van der Waals surface area contributed by atoms with Crippen molar-refractivity contribution in [2.24, 2.45) is 11.7 Å².